The van der Waals surface area contributed by atoms with Gasteiger partial charge in [-0.25, -0.2) is 8.42 Å². The maximum Gasteiger partial charge on any atom is 0.318 e. The molecule has 1 aliphatic heterocycles. The van der Waals surface area contributed by atoms with E-state index in [1.54, 1.807) is 4.31 Å². The highest BCUT2D eigenvalue weighted by atomic mass is 32.2. The molecule has 21 heavy (non-hydrogen) atoms. The highest BCUT2D eigenvalue weighted by Crippen LogP contribution is 2.20. The van der Waals surface area contributed by atoms with Crippen molar-refractivity contribution in [3.8, 4) is 0 Å². The third-order valence-electron chi connectivity index (χ3n) is 3.58. The van der Waals surface area contributed by atoms with Gasteiger partial charge < -0.3 is 9.32 Å². The first-order valence-electron chi connectivity index (χ1n) is 7.50. The lowest BCUT2D eigenvalue weighted by Gasteiger charge is -2.32. The zero-order valence-electron chi connectivity index (χ0n) is 12.9. The van der Waals surface area contributed by atoms with Crippen molar-refractivity contribution in [3.63, 3.8) is 0 Å². The first-order valence-corrected chi connectivity index (χ1v) is 9.11. The van der Waals surface area contributed by atoms with Crippen LogP contribution in [0, 0.1) is 0 Å². The Labute approximate surface area is 126 Å². The van der Waals surface area contributed by atoms with Crippen LogP contribution in [0.4, 0.5) is 6.01 Å². The third kappa shape index (κ3) is 3.94. The summed E-state index contributed by atoms with van der Waals surface area (Å²) in [6, 6.07) is 0.490. The first-order chi connectivity index (χ1) is 9.94. The van der Waals surface area contributed by atoms with Crippen LogP contribution in [0.2, 0.25) is 0 Å². The Hall–Kier alpha value is -1.15. The van der Waals surface area contributed by atoms with Crippen molar-refractivity contribution in [2.75, 3.05) is 36.8 Å². The molecule has 0 aliphatic carbocycles. The second-order valence-electron chi connectivity index (χ2n) is 5.63. The number of aromatic nitrogens is 2. The molecule has 0 saturated carbocycles. The molecule has 0 bridgehead atoms. The minimum Gasteiger partial charge on any atom is -0.408 e. The summed E-state index contributed by atoms with van der Waals surface area (Å²) in [5.41, 5.74) is 0. The summed E-state index contributed by atoms with van der Waals surface area (Å²) in [6.45, 7) is 8.12. The molecule has 2 heterocycles. The molecule has 0 aromatic carbocycles. The fourth-order valence-electron chi connectivity index (χ4n) is 2.20. The van der Waals surface area contributed by atoms with Crippen LogP contribution in [0.25, 0.3) is 0 Å². The van der Waals surface area contributed by atoms with E-state index < -0.39 is 10.0 Å². The molecule has 1 fully saturated rings. The molecule has 7 nitrogen and oxygen atoms in total. The second-order valence-corrected chi connectivity index (χ2v) is 7.72. The van der Waals surface area contributed by atoms with E-state index in [4.69, 9.17) is 4.42 Å². The molecule has 1 aliphatic rings. The number of sulfonamides is 1. The molecule has 1 aromatic rings. The molecule has 0 spiro atoms. The maximum absolute atomic E-state index is 12.1. The smallest absolute Gasteiger partial charge is 0.318 e. The molecule has 0 N–H and O–H groups in total. The fourth-order valence-corrected chi connectivity index (χ4v) is 3.83. The molecular weight excluding hydrogens is 292 g/mol. The number of nitrogens with zero attached hydrogens (tertiary/aromatic N) is 4. The highest BCUT2D eigenvalue weighted by molar-refractivity contribution is 7.89. The van der Waals surface area contributed by atoms with Crippen LogP contribution in [0.3, 0.4) is 0 Å². The van der Waals surface area contributed by atoms with Gasteiger partial charge in [-0.1, -0.05) is 32.3 Å². The Kier molecular flexibility index (Phi) is 5.21. The Morgan fingerprint density at radius 3 is 2.38 bits per heavy atom. The van der Waals surface area contributed by atoms with Crippen molar-refractivity contribution in [2.24, 2.45) is 0 Å². The van der Waals surface area contributed by atoms with Crippen LogP contribution in [0.15, 0.2) is 4.42 Å². The average Bonchev–Trinajstić information content (AvgIpc) is 2.95. The normalized spacial score (nSPS) is 17.6. The van der Waals surface area contributed by atoms with Crippen LogP contribution in [-0.2, 0) is 10.0 Å². The van der Waals surface area contributed by atoms with Gasteiger partial charge in [-0.3, -0.25) is 0 Å². The van der Waals surface area contributed by atoms with Gasteiger partial charge in [-0.2, -0.15) is 4.31 Å². The molecule has 0 radical (unpaired) electrons. The standard InChI is InChI=1S/C13H24N4O3S/c1-4-5-10-21(18,19)17-8-6-16(7-9-17)13-15-14-12(20-13)11(2)3/h11H,4-10H2,1-3H3. The third-order valence-corrected chi connectivity index (χ3v) is 5.54. The predicted octanol–water partition coefficient (Wildman–Crippen LogP) is 1.44. The Morgan fingerprint density at radius 1 is 1.19 bits per heavy atom. The Bertz CT molecular complexity index is 548. The molecule has 2 rings (SSSR count). The monoisotopic (exact) mass is 316 g/mol. The van der Waals surface area contributed by atoms with Gasteiger partial charge in [0.2, 0.25) is 15.9 Å². The van der Waals surface area contributed by atoms with E-state index in [9.17, 15) is 8.42 Å². The van der Waals surface area contributed by atoms with E-state index in [-0.39, 0.29) is 11.7 Å². The number of unbranched alkanes of at least 4 members (excludes halogenated alkanes) is 1. The lowest BCUT2D eigenvalue weighted by molar-refractivity contribution is 0.366. The molecule has 8 heteroatoms. The number of hydrogen-bond acceptors (Lipinski definition) is 6. The Morgan fingerprint density at radius 2 is 1.86 bits per heavy atom. The van der Waals surface area contributed by atoms with E-state index in [1.807, 2.05) is 25.7 Å². The minimum absolute atomic E-state index is 0.196. The summed E-state index contributed by atoms with van der Waals surface area (Å²) in [5, 5.41) is 8.05. The van der Waals surface area contributed by atoms with E-state index in [0.717, 1.165) is 6.42 Å². The first kappa shape index (κ1) is 16.2. The minimum atomic E-state index is -3.12. The zero-order valence-corrected chi connectivity index (χ0v) is 13.8. The Balaban J connectivity index is 1.93. The van der Waals surface area contributed by atoms with Gasteiger partial charge >= 0.3 is 6.01 Å². The number of rotatable bonds is 6. The maximum atomic E-state index is 12.1. The van der Waals surface area contributed by atoms with Gasteiger partial charge in [0, 0.05) is 32.1 Å². The quantitative estimate of drug-likeness (QED) is 0.790. The predicted molar refractivity (Wildman–Crippen MR) is 80.9 cm³/mol. The van der Waals surface area contributed by atoms with E-state index in [0.29, 0.717) is 44.5 Å². The summed E-state index contributed by atoms with van der Waals surface area (Å²) >= 11 is 0. The van der Waals surface area contributed by atoms with Crippen LogP contribution in [0.5, 0.6) is 0 Å². The van der Waals surface area contributed by atoms with Gasteiger partial charge in [-0.15, -0.1) is 5.10 Å². The van der Waals surface area contributed by atoms with Crippen molar-refractivity contribution in [2.45, 2.75) is 39.5 Å². The van der Waals surface area contributed by atoms with Crippen molar-refractivity contribution in [1.29, 1.82) is 0 Å². The summed E-state index contributed by atoms with van der Waals surface area (Å²) in [6.07, 6.45) is 1.60. The van der Waals surface area contributed by atoms with Gasteiger partial charge in [-0.05, 0) is 6.42 Å². The average molecular weight is 316 g/mol. The number of hydrogen-bond donors (Lipinski definition) is 0. The van der Waals surface area contributed by atoms with Crippen LogP contribution in [0.1, 0.15) is 45.4 Å². The number of anilines is 1. The molecular formula is C13H24N4O3S. The largest absolute Gasteiger partial charge is 0.408 e. The van der Waals surface area contributed by atoms with Gasteiger partial charge in [0.25, 0.3) is 0 Å². The van der Waals surface area contributed by atoms with E-state index in [2.05, 4.69) is 10.2 Å². The SMILES string of the molecule is CCCCS(=O)(=O)N1CCN(c2nnc(C(C)C)o2)CC1. The van der Waals surface area contributed by atoms with Crippen LogP contribution < -0.4 is 4.90 Å². The molecule has 0 unspecified atom stereocenters. The zero-order chi connectivity index (χ0) is 15.5. The summed E-state index contributed by atoms with van der Waals surface area (Å²) in [5.74, 6) is 1.05. The summed E-state index contributed by atoms with van der Waals surface area (Å²) < 4.78 is 31.4. The van der Waals surface area contributed by atoms with Gasteiger partial charge in [0.1, 0.15) is 0 Å². The molecule has 1 aromatic heterocycles. The molecule has 0 amide bonds. The lowest BCUT2D eigenvalue weighted by Crippen LogP contribution is -2.49. The molecule has 1 saturated heterocycles. The van der Waals surface area contributed by atoms with Gasteiger partial charge in [0.05, 0.1) is 5.75 Å². The van der Waals surface area contributed by atoms with Crippen molar-refractivity contribution in [1.82, 2.24) is 14.5 Å². The van der Waals surface area contributed by atoms with Crippen molar-refractivity contribution in [3.05, 3.63) is 5.89 Å². The van der Waals surface area contributed by atoms with E-state index >= 15 is 0 Å². The van der Waals surface area contributed by atoms with Crippen molar-refractivity contribution < 1.29 is 12.8 Å². The van der Waals surface area contributed by atoms with Crippen LogP contribution in [-0.4, -0.2) is 54.9 Å². The fraction of sp³-hybridized carbons (Fsp3) is 0.846. The summed E-state index contributed by atoms with van der Waals surface area (Å²) in [7, 11) is -3.12. The van der Waals surface area contributed by atoms with Crippen LogP contribution >= 0.6 is 0 Å². The van der Waals surface area contributed by atoms with Gasteiger partial charge in [0.15, 0.2) is 0 Å². The second kappa shape index (κ2) is 6.74. The topological polar surface area (TPSA) is 79.5 Å². The van der Waals surface area contributed by atoms with E-state index in [1.165, 1.54) is 0 Å². The summed E-state index contributed by atoms with van der Waals surface area (Å²) in [4.78, 5) is 1.95. The lowest BCUT2D eigenvalue weighted by atomic mass is 10.2. The highest BCUT2D eigenvalue weighted by Gasteiger charge is 2.28. The molecule has 120 valence electrons. The molecule has 0 atom stereocenters. The number of piperazine rings is 1. The van der Waals surface area contributed by atoms with Crippen molar-refractivity contribution >= 4 is 16.0 Å².